The van der Waals surface area contributed by atoms with Gasteiger partial charge >= 0.3 is 0 Å². The number of rotatable bonds is 5. The third-order valence-corrected chi connectivity index (χ3v) is 4.13. The van der Waals surface area contributed by atoms with E-state index in [1.165, 1.54) is 6.07 Å². The third-order valence-electron chi connectivity index (χ3n) is 3.49. The molecular weight excluding hydrogens is 324 g/mol. The summed E-state index contributed by atoms with van der Waals surface area (Å²) in [7, 11) is 0. The van der Waals surface area contributed by atoms with Gasteiger partial charge in [-0.3, -0.25) is 10.1 Å². The Morgan fingerprint density at radius 1 is 1.55 bits per heavy atom. The fourth-order valence-electron chi connectivity index (χ4n) is 2.51. The van der Waals surface area contributed by atoms with Gasteiger partial charge in [0.25, 0.3) is 5.69 Å². The predicted molar refractivity (Wildman–Crippen MR) is 82.1 cm³/mol. The summed E-state index contributed by atoms with van der Waals surface area (Å²) >= 11 is 3.24. The van der Waals surface area contributed by atoms with Crippen molar-refractivity contribution in [3.63, 3.8) is 0 Å². The van der Waals surface area contributed by atoms with E-state index in [0.717, 1.165) is 38.0 Å². The van der Waals surface area contributed by atoms with E-state index in [0.29, 0.717) is 16.6 Å². The molecule has 1 aliphatic rings. The lowest BCUT2D eigenvalue weighted by Crippen LogP contribution is -2.33. The fraction of sp³-hybridized carbons (Fsp3) is 0.571. The summed E-state index contributed by atoms with van der Waals surface area (Å²) in [5.41, 5.74) is 0.996. The summed E-state index contributed by atoms with van der Waals surface area (Å²) in [6.07, 6.45) is 4.49. The minimum Gasteiger partial charge on any atom is -0.382 e. The van der Waals surface area contributed by atoms with E-state index in [2.05, 4.69) is 28.2 Å². The van der Waals surface area contributed by atoms with Gasteiger partial charge in [-0.2, -0.15) is 0 Å². The molecule has 1 aromatic rings. The number of nitro groups is 1. The van der Waals surface area contributed by atoms with Gasteiger partial charge in [0.05, 0.1) is 15.5 Å². The lowest BCUT2D eigenvalue weighted by Gasteiger charge is -2.30. The molecule has 110 valence electrons. The summed E-state index contributed by atoms with van der Waals surface area (Å²) in [6, 6.07) is 5.42. The largest absolute Gasteiger partial charge is 0.382 e. The number of hydrogen-bond acceptors (Lipinski definition) is 4. The highest BCUT2D eigenvalue weighted by Gasteiger charge is 2.22. The Balaban J connectivity index is 1.99. The van der Waals surface area contributed by atoms with Crippen molar-refractivity contribution in [2.75, 3.05) is 11.9 Å². The van der Waals surface area contributed by atoms with E-state index in [9.17, 15) is 10.1 Å². The molecule has 0 amide bonds. The standard InChI is InChI=1S/C14H19BrN2O3/c1-2-3-12-8-11(6-7-20-12)16-10-4-5-14(17(18)19)13(15)9-10/h4-5,9,11-12,16H,2-3,6-8H2,1H3. The Kier molecular flexibility index (Phi) is 5.37. The molecular formula is C14H19BrN2O3. The van der Waals surface area contributed by atoms with Crippen LogP contribution >= 0.6 is 15.9 Å². The Labute approximate surface area is 127 Å². The maximum atomic E-state index is 10.8. The molecule has 0 bridgehead atoms. The number of hydrogen-bond donors (Lipinski definition) is 1. The highest BCUT2D eigenvalue weighted by Crippen LogP contribution is 2.29. The molecule has 2 unspecified atom stereocenters. The SMILES string of the molecule is CCCC1CC(Nc2ccc([N+](=O)[O-])c(Br)c2)CCO1. The highest BCUT2D eigenvalue weighted by atomic mass is 79.9. The van der Waals surface area contributed by atoms with Gasteiger partial charge in [0.1, 0.15) is 0 Å². The van der Waals surface area contributed by atoms with Crippen molar-refractivity contribution < 1.29 is 9.66 Å². The average Bonchev–Trinajstić information content (AvgIpc) is 2.39. The first-order valence-corrected chi connectivity index (χ1v) is 7.71. The second kappa shape index (κ2) is 7.04. The molecule has 0 aliphatic carbocycles. The molecule has 2 rings (SSSR count). The topological polar surface area (TPSA) is 64.4 Å². The summed E-state index contributed by atoms with van der Waals surface area (Å²) in [4.78, 5) is 10.4. The van der Waals surface area contributed by atoms with Crippen molar-refractivity contribution in [1.29, 1.82) is 0 Å². The molecule has 1 heterocycles. The second-order valence-electron chi connectivity index (χ2n) is 5.07. The number of nitro benzene ring substituents is 1. The van der Waals surface area contributed by atoms with Crippen LogP contribution in [0.3, 0.4) is 0 Å². The first kappa shape index (κ1) is 15.3. The molecule has 2 atom stereocenters. The van der Waals surface area contributed by atoms with Crippen LogP contribution in [-0.4, -0.2) is 23.7 Å². The van der Waals surface area contributed by atoms with E-state index in [1.54, 1.807) is 12.1 Å². The molecule has 0 radical (unpaired) electrons. The molecule has 1 saturated heterocycles. The number of anilines is 1. The Bertz CT molecular complexity index is 479. The molecule has 1 N–H and O–H groups in total. The molecule has 5 nitrogen and oxygen atoms in total. The predicted octanol–water partition coefficient (Wildman–Crippen LogP) is 4.12. The van der Waals surface area contributed by atoms with Gasteiger partial charge in [0.2, 0.25) is 0 Å². The summed E-state index contributed by atoms with van der Waals surface area (Å²) in [5, 5.41) is 14.2. The van der Waals surface area contributed by atoms with Gasteiger partial charge in [0, 0.05) is 24.4 Å². The molecule has 0 spiro atoms. The fourth-order valence-corrected chi connectivity index (χ4v) is 3.04. The van der Waals surface area contributed by atoms with Crippen LogP contribution in [0.15, 0.2) is 22.7 Å². The van der Waals surface area contributed by atoms with Crippen LogP contribution in [0, 0.1) is 10.1 Å². The molecule has 1 fully saturated rings. The minimum atomic E-state index is -0.389. The van der Waals surface area contributed by atoms with E-state index < -0.39 is 0 Å². The molecule has 20 heavy (non-hydrogen) atoms. The van der Waals surface area contributed by atoms with Gasteiger partial charge in [-0.25, -0.2) is 0 Å². The van der Waals surface area contributed by atoms with Crippen molar-refractivity contribution in [1.82, 2.24) is 0 Å². The smallest absolute Gasteiger partial charge is 0.283 e. The maximum absolute atomic E-state index is 10.8. The van der Waals surface area contributed by atoms with Crippen LogP contribution in [-0.2, 0) is 4.74 Å². The zero-order valence-electron chi connectivity index (χ0n) is 11.5. The van der Waals surface area contributed by atoms with Crippen molar-refractivity contribution in [2.24, 2.45) is 0 Å². The summed E-state index contributed by atoms with van der Waals surface area (Å²) < 4.78 is 6.23. The van der Waals surface area contributed by atoms with Gasteiger partial charge in [0.15, 0.2) is 0 Å². The van der Waals surface area contributed by atoms with E-state index in [4.69, 9.17) is 4.74 Å². The van der Waals surface area contributed by atoms with E-state index in [1.807, 2.05) is 0 Å². The Hall–Kier alpha value is -1.14. The third kappa shape index (κ3) is 3.93. The van der Waals surface area contributed by atoms with E-state index in [-0.39, 0.29) is 10.6 Å². The quantitative estimate of drug-likeness (QED) is 0.645. The van der Waals surface area contributed by atoms with Crippen molar-refractivity contribution in [2.45, 2.75) is 44.8 Å². The zero-order valence-corrected chi connectivity index (χ0v) is 13.1. The monoisotopic (exact) mass is 342 g/mol. The van der Waals surface area contributed by atoms with Crippen LogP contribution in [0.1, 0.15) is 32.6 Å². The van der Waals surface area contributed by atoms with Crippen LogP contribution in [0.5, 0.6) is 0 Å². The van der Waals surface area contributed by atoms with Crippen LogP contribution in [0.2, 0.25) is 0 Å². The lowest BCUT2D eigenvalue weighted by atomic mass is 10.00. The normalized spacial score (nSPS) is 22.5. The zero-order chi connectivity index (χ0) is 14.5. The van der Waals surface area contributed by atoms with Gasteiger partial charge < -0.3 is 10.1 Å². The number of nitrogens with one attached hydrogen (secondary N) is 1. The van der Waals surface area contributed by atoms with Gasteiger partial charge in [-0.05, 0) is 47.3 Å². The number of nitrogens with zero attached hydrogens (tertiary/aromatic N) is 1. The lowest BCUT2D eigenvalue weighted by molar-refractivity contribution is -0.385. The van der Waals surface area contributed by atoms with Crippen molar-refractivity contribution in [3.8, 4) is 0 Å². The summed E-state index contributed by atoms with van der Waals surface area (Å²) in [5.74, 6) is 0. The van der Waals surface area contributed by atoms with Crippen molar-refractivity contribution >= 4 is 27.3 Å². The number of ether oxygens (including phenoxy) is 1. The number of halogens is 1. The Morgan fingerprint density at radius 2 is 2.35 bits per heavy atom. The van der Waals surface area contributed by atoms with Crippen LogP contribution in [0.4, 0.5) is 11.4 Å². The average molecular weight is 343 g/mol. The second-order valence-corrected chi connectivity index (χ2v) is 5.92. The Morgan fingerprint density at radius 3 is 3.00 bits per heavy atom. The first-order valence-electron chi connectivity index (χ1n) is 6.92. The van der Waals surface area contributed by atoms with Crippen LogP contribution < -0.4 is 5.32 Å². The molecule has 0 saturated carbocycles. The molecule has 0 aromatic heterocycles. The molecule has 6 heteroatoms. The highest BCUT2D eigenvalue weighted by molar-refractivity contribution is 9.10. The maximum Gasteiger partial charge on any atom is 0.283 e. The minimum absolute atomic E-state index is 0.0892. The van der Waals surface area contributed by atoms with Gasteiger partial charge in [-0.15, -0.1) is 0 Å². The van der Waals surface area contributed by atoms with Crippen molar-refractivity contribution in [3.05, 3.63) is 32.8 Å². The number of benzene rings is 1. The van der Waals surface area contributed by atoms with Gasteiger partial charge in [-0.1, -0.05) is 13.3 Å². The van der Waals surface area contributed by atoms with E-state index >= 15 is 0 Å². The molecule has 1 aromatic carbocycles. The molecule has 1 aliphatic heterocycles. The summed E-state index contributed by atoms with van der Waals surface area (Å²) in [6.45, 7) is 2.93. The first-order chi connectivity index (χ1) is 9.60. The van der Waals surface area contributed by atoms with Crippen LogP contribution in [0.25, 0.3) is 0 Å².